The van der Waals surface area contributed by atoms with Crippen LogP contribution in [0.4, 0.5) is 0 Å². The van der Waals surface area contributed by atoms with E-state index in [1.807, 2.05) is 0 Å². The Morgan fingerprint density at radius 3 is 1.51 bits per heavy atom. The van der Waals surface area contributed by atoms with Crippen molar-refractivity contribution in [3.05, 3.63) is 0 Å². The second-order valence-corrected chi connectivity index (χ2v) is 11.7. The minimum Gasteiger partial charge on any atom is -0.370 e. The fourth-order valence-electron chi connectivity index (χ4n) is 4.76. The number of carbonyl (C=O) groups is 4. The van der Waals surface area contributed by atoms with Crippen LogP contribution in [0.3, 0.4) is 0 Å². The van der Waals surface area contributed by atoms with Gasteiger partial charge >= 0.3 is 0 Å². The van der Waals surface area contributed by atoms with E-state index in [2.05, 4.69) is 40.1 Å². The first-order valence-electron chi connectivity index (χ1n) is 17.6. The fraction of sp³-hybridized carbons (Fsp3) is 0.848. The van der Waals surface area contributed by atoms with Crippen LogP contribution in [0.15, 0.2) is 4.99 Å². The Morgan fingerprint density at radius 1 is 0.533 bits per heavy atom. The van der Waals surface area contributed by atoms with Gasteiger partial charge in [0.15, 0.2) is 5.96 Å². The minimum absolute atomic E-state index is 0.0552. The van der Waals surface area contributed by atoms with Crippen molar-refractivity contribution in [2.75, 3.05) is 52.4 Å². The smallest absolute Gasteiger partial charge is 0.223 e. The molecule has 0 aromatic heterocycles. The molecule has 0 fully saturated rings. The minimum atomic E-state index is -0.145. The average Bonchev–Trinajstić information content (AvgIpc) is 3.01. The molecular weight excluding hydrogens is 572 g/mol. The van der Waals surface area contributed by atoms with Crippen LogP contribution in [0, 0.1) is 0 Å². The van der Waals surface area contributed by atoms with Crippen molar-refractivity contribution in [3.8, 4) is 0 Å². The van der Waals surface area contributed by atoms with Crippen molar-refractivity contribution in [2.24, 2.45) is 16.5 Å². The zero-order valence-electron chi connectivity index (χ0n) is 28.6. The number of nitrogens with two attached hydrogens (primary N) is 2. The van der Waals surface area contributed by atoms with Gasteiger partial charge in [-0.25, -0.2) is 0 Å². The first-order valence-corrected chi connectivity index (χ1v) is 17.6. The Labute approximate surface area is 273 Å². The molecule has 0 aliphatic carbocycles. The molecule has 0 aromatic carbocycles. The second-order valence-electron chi connectivity index (χ2n) is 11.7. The summed E-state index contributed by atoms with van der Waals surface area (Å²) < 4.78 is 0. The highest BCUT2D eigenvalue weighted by Crippen LogP contribution is 2.06. The number of nitrogens with zero attached hydrogens (tertiary/aromatic N) is 2. The van der Waals surface area contributed by atoms with Crippen LogP contribution >= 0.6 is 0 Å². The highest BCUT2D eigenvalue weighted by molar-refractivity contribution is 5.83. The number of nitrogens with one attached hydrogen (secondary N) is 4. The monoisotopic (exact) mass is 639 g/mol. The summed E-state index contributed by atoms with van der Waals surface area (Å²) >= 11 is 0. The average molecular weight is 639 g/mol. The molecule has 262 valence electrons. The highest BCUT2D eigenvalue weighted by Gasteiger charge is 2.15. The largest absolute Gasteiger partial charge is 0.370 e. The van der Waals surface area contributed by atoms with Gasteiger partial charge in [0.25, 0.3) is 0 Å². The first-order chi connectivity index (χ1) is 21.8. The van der Waals surface area contributed by atoms with Gasteiger partial charge < -0.3 is 37.6 Å². The maximum Gasteiger partial charge on any atom is 0.223 e. The van der Waals surface area contributed by atoms with Gasteiger partial charge in [-0.05, 0) is 51.6 Å². The van der Waals surface area contributed by atoms with Crippen LogP contribution in [0.5, 0.6) is 0 Å². The topological polar surface area (TPSA) is 184 Å². The normalized spacial score (nSPS) is 10.7. The van der Waals surface area contributed by atoms with Crippen LogP contribution in [0.2, 0.25) is 0 Å². The zero-order chi connectivity index (χ0) is 33.4. The van der Waals surface area contributed by atoms with Crippen LogP contribution in [-0.2, 0) is 19.2 Å². The third-order valence-corrected chi connectivity index (χ3v) is 7.45. The number of amides is 4. The van der Waals surface area contributed by atoms with Gasteiger partial charge in [0.2, 0.25) is 23.6 Å². The van der Waals surface area contributed by atoms with Gasteiger partial charge in [0.1, 0.15) is 0 Å². The third-order valence-electron chi connectivity index (χ3n) is 7.45. The Balaban J connectivity index is 4.43. The molecule has 0 atom stereocenters. The van der Waals surface area contributed by atoms with E-state index in [1.54, 1.807) is 4.90 Å². The lowest BCUT2D eigenvalue weighted by Gasteiger charge is -2.23. The van der Waals surface area contributed by atoms with E-state index in [0.29, 0.717) is 65.0 Å². The molecule has 0 spiro atoms. The molecule has 0 unspecified atom stereocenters. The van der Waals surface area contributed by atoms with Gasteiger partial charge in [-0.3, -0.25) is 24.2 Å². The number of hydrogen-bond donors (Lipinski definition) is 6. The lowest BCUT2D eigenvalue weighted by molar-refractivity contribution is -0.133. The fourth-order valence-corrected chi connectivity index (χ4v) is 4.76. The van der Waals surface area contributed by atoms with Gasteiger partial charge in [-0.15, -0.1) is 0 Å². The van der Waals surface area contributed by atoms with Gasteiger partial charge in [-0.1, -0.05) is 65.2 Å². The molecule has 0 aromatic rings. The number of rotatable bonds is 31. The summed E-state index contributed by atoms with van der Waals surface area (Å²) in [7, 11) is 0. The molecule has 0 heterocycles. The SMILES string of the molecule is CCCCCCCC(=O)NCCCN(CCCNC(=O)CCCCCCC)C(=O)CCC(=O)NCCCNCCCN=C(N)N. The summed E-state index contributed by atoms with van der Waals surface area (Å²) in [4.78, 5) is 55.4. The molecule has 0 radical (unpaired) electrons. The maximum atomic E-state index is 13.0. The highest BCUT2D eigenvalue weighted by atomic mass is 16.2. The van der Waals surface area contributed by atoms with E-state index in [9.17, 15) is 19.2 Å². The number of hydrogen-bond acceptors (Lipinski definition) is 6. The van der Waals surface area contributed by atoms with E-state index in [0.717, 1.165) is 64.5 Å². The van der Waals surface area contributed by atoms with Crippen LogP contribution < -0.4 is 32.7 Å². The molecule has 0 rings (SSSR count). The van der Waals surface area contributed by atoms with Crippen molar-refractivity contribution < 1.29 is 19.2 Å². The first kappa shape index (κ1) is 42.1. The number of aliphatic imine (C=N–C) groups is 1. The van der Waals surface area contributed by atoms with Crippen molar-refractivity contribution in [2.45, 2.75) is 129 Å². The summed E-state index contributed by atoms with van der Waals surface area (Å²) in [5, 5.41) is 12.1. The summed E-state index contributed by atoms with van der Waals surface area (Å²) in [5.41, 5.74) is 10.6. The third kappa shape index (κ3) is 29.6. The molecular formula is C33H66N8O4. The summed E-state index contributed by atoms with van der Waals surface area (Å²) in [5.74, 6) is -0.0244. The van der Waals surface area contributed by atoms with Crippen molar-refractivity contribution in [1.82, 2.24) is 26.2 Å². The van der Waals surface area contributed by atoms with Crippen molar-refractivity contribution in [3.63, 3.8) is 0 Å². The standard InChI is InChI=1S/C33H66N8O4/c1-3-5-7-9-11-17-29(42)38-25-15-27-41(28-16-26-39-30(43)18-12-10-8-6-4-2)32(45)20-19-31(44)37-23-13-21-36-22-14-24-40-33(34)35/h36H,3-28H2,1-2H3,(H,37,44)(H,38,42)(H,39,43)(H4,34,35,40). The summed E-state index contributed by atoms with van der Waals surface area (Å²) in [6.45, 7) is 9.03. The molecule has 4 amide bonds. The molecule has 12 heteroatoms. The van der Waals surface area contributed by atoms with E-state index in [-0.39, 0.29) is 42.4 Å². The molecule has 0 saturated heterocycles. The molecule has 12 nitrogen and oxygen atoms in total. The van der Waals surface area contributed by atoms with E-state index in [1.165, 1.54) is 25.7 Å². The predicted octanol–water partition coefficient (Wildman–Crippen LogP) is 3.09. The number of unbranched alkanes of at least 4 members (excludes halogenated alkanes) is 8. The summed E-state index contributed by atoms with van der Waals surface area (Å²) in [6.07, 6.45) is 15.3. The van der Waals surface area contributed by atoms with Crippen LogP contribution in [-0.4, -0.2) is 86.8 Å². The number of carbonyl (C=O) groups excluding carboxylic acids is 4. The second kappa shape index (κ2) is 31.1. The molecule has 0 aliphatic rings. The van der Waals surface area contributed by atoms with E-state index < -0.39 is 0 Å². The maximum absolute atomic E-state index is 13.0. The van der Waals surface area contributed by atoms with Crippen LogP contribution in [0.1, 0.15) is 129 Å². The molecule has 0 saturated carbocycles. The Hall–Kier alpha value is -2.89. The Kier molecular flexibility index (Phi) is 29.1. The quantitative estimate of drug-likeness (QED) is 0.0383. The van der Waals surface area contributed by atoms with Crippen molar-refractivity contribution >= 4 is 29.6 Å². The van der Waals surface area contributed by atoms with E-state index >= 15 is 0 Å². The van der Waals surface area contributed by atoms with Crippen molar-refractivity contribution in [1.29, 1.82) is 0 Å². The van der Waals surface area contributed by atoms with E-state index in [4.69, 9.17) is 11.5 Å². The van der Waals surface area contributed by atoms with Gasteiger partial charge in [0.05, 0.1) is 0 Å². The summed E-state index contributed by atoms with van der Waals surface area (Å²) in [6, 6.07) is 0. The molecule has 0 bridgehead atoms. The van der Waals surface area contributed by atoms with Gasteiger partial charge in [0, 0.05) is 65.0 Å². The zero-order valence-corrected chi connectivity index (χ0v) is 28.6. The predicted molar refractivity (Wildman–Crippen MR) is 184 cm³/mol. The molecule has 0 aliphatic heterocycles. The molecule has 8 N–H and O–H groups in total. The van der Waals surface area contributed by atoms with Crippen LogP contribution in [0.25, 0.3) is 0 Å². The lowest BCUT2D eigenvalue weighted by Crippen LogP contribution is -2.37. The van der Waals surface area contributed by atoms with Gasteiger partial charge in [-0.2, -0.15) is 0 Å². The Morgan fingerprint density at radius 2 is 1.00 bits per heavy atom. The Bertz CT molecular complexity index is 772. The lowest BCUT2D eigenvalue weighted by atomic mass is 10.1. The number of guanidine groups is 1. The molecule has 45 heavy (non-hydrogen) atoms.